The highest BCUT2D eigenvalue weighted by Crippen LogP contribution is 2.51. The zero-order valence-corrected chi connectivity index (χ0v) is 31.6. The van der Waals surface area contributed by atoms with Crippen LogP contribution in [0.5, 0.6) is 11.8 Å². The Bertz CT molecular complexity index is 2090. The average molecular weight is 741 g/mol. The molecule has 3 fully saturated rings. The van der Waals surface area contributed by atoms with E-state index >= 15 is 0 Å². The number of hydrogen-bond donors (Lipinski definition) is 0. The molecule has 2 aliphatic carbocycles. The van der Waals surface area contributed by atoms with Crippen molar-refractivity contribution in [1.82, 2.24) is 24.7 Å². The molecule has 0 saturated carbocycles. The molecule has 9 nitrogen and oxygen atoms in total. The summed E-state index contributed by atoms with van der Waals surface area (Å²) in [6.45, 7) is 7.24. The first-order valence-corrected chi connectivity index (χ1v) is 19.0. The number of aryl methyl sites for hydroxylation is 2. The van der Waals surface area contributed by atoms with Crippen molar-refractivity contribution in [3.05, 3.63) is 80.8 Å². The molecule has 2 aromatic carbocycles. The number of amides is 1. The van der Waals surface area contributed by atoms with Crippen LogP contribution in [-0.4, -0.2) is 97.3 Å². The van der Waals surface area contributed by atoms with Gasteiger partial charge < -0.3 is 19.1 Å². The molecular formula is C41H43Cl2N5O4. The van der Waals surface area contributed by atoms with E-state index in [1.54, 1.807) is 28.3 Å². The summed E-state index contributed by atoms with van der Waals surface area (Å²) < 4.78 is 17.4. The molecule has 0 unspecified atom stereocenters. The number of halogens is 2. The first-order chi connectivity index (χ1) is 25.2. The minimum absolute atomic E-state index is 0.167. The average Bonchev–Trinajstić information content (AvgIpc) is 3.71. The number of rotatable bonds is 8. The van der Waals surface area contributed by atoms with Crippen LogP contribution in [0.1, 0.15) is 54.1 Å². The molecule has 3 saturated heterocycles. The number of benzene rings is 2. The predicted molar refractivity (Wildman–Crippen MR) is 202 cm³/mol. The molecule has 270 valence electrons. The molecule has 5 aliphatic rings. The maximum atomic E-state index is 11.8. The van der Waals surface area contributed by atoms with Crippen LogP contribution in [0.2, 0.25) is 10.0 Å². The third kappa shape index (κ3) is 5.42. The van der Waals surface area contributed by atoms with Gasteiger partial charge in [-0.3, -0.25) is 14.6 Å². The summed E-state index contributed by atoms with van der Waals surface area (Å²) in [5, 5.41) is 1.17. The topological polar surface area (TPSA) is 80.3 Å². The molecule has 1 amide bonds. The molecule has 0 bridgehead atoms. The molecule has 0 radical (unpaired) electrons. The largest absolute Gasteiger partial charge is 0.481 e. The van der Waals surface area contributed by atoms with E-state index in [4.69, 9.17) is 47.4 Å². The number of carbonyl (C=O) groups excluding carboxylic acids is 1. The Balaban J connectivity index is 1.00. The second-order valence-electron chi connectivity index (χ2n) is 15.2. The molecule has 11 heteroatoms. The van der Waals surface area contributed by atoms with Crippen molar-refractivity contribution in [2.24, 2.45) is 5.41 Å². The van der Waals surface area contributed by atoms with Gasteiger partial charge in [-0.1, -0.05) is 59.6 Å². The van der Waals surface area contributed by atoms with Crippen LogP contribution in [0.25, 0.3) is 33.6 Å². The molecule has 1 spiro atoms. The third-order valence-corrected chi connectivity index (χ3v) is 13.0. The lowest BCUT2D eigenvalue weighted by Gasteiger charge is -2.61. The van der Waals surface area contributed by atoms with Crippen molar-refractivity contribution in [2.75, 3.05) is 60.6 Å². The van der Waals surface area contributed by atoms with Crippen LogP contribution in [0.15, 0.2) is 48.5 Å². The lowest BCUT2D eigenvalue weighted by atomic mass is 9.72. The van der Waals surface area contributed by atoms with Crippen molar-refractivity contribution < 1.29 is 19.0 Å². The fraction of sp³-hybridized carbons (Fsp3) is 0.439. The van der Waals surface area contributed by atoms with E-state index in [0.29, 0.717) is 27.9 Å². The van der Waals surface area contributed by atoms with E-state index in [1.807, 2.05) is 41.3 Å². The summed E-state index contributed by atoms with van der Waals surface area (Å²) >= 11 is 14.5. The molecule has 0 N–H and O–H groups in total. The van der Waals surface area contributed by atoms with Gasteiger partial charge in [0.1, 0.15) is 0 Å². The van der Waals surface area contributed by atoms with Gasteiger partial charge in [-0.25, -0.2) is 9.97 Å². The Morgan fingerprint density at radius 2 is 1.21 bits per heavy atom. The third-order valence-electron chi connectivity index (χ3n) is 12.2. The molecule has 52 heavy (non-hydrogen) atoms. The molecule has 2 aromatic heterocycles. The zero-order valence-electron chi connectivity index (χ0n) is 30.0. The molecule has 3 aliphatic heterocycles. The van der Waals surface area contributed by atoms with Crippen LogP contribution in [0.3, 0.4) is 0 Å². The van der Waals surface area contributed by atoms with Gasteiger partial charge in [-0.2, -0.15) is 0 Å². The lowest BCUT2D eigenvalue weighted by Crippen LogP contribution is -2.72. The van der Waals surface area contributed by atoms with Crippen molar-refractivity contribution in [1.29, 1.82) is 0 Å². The van der Waals surface area contributed by atoms with Crippen molar-refractivity contribution in [3.8, 4) is 45.4 Å². The van der Waals surface area contributed by atoms with Crippen LogP contribution in [-0.2, 0) is 22.4 Å². The van der Waals surface area contributed by atoms with E-state index in [0.717, 1.165) is 98.6 Å². The molecule has 9 rings (SSSR count). The van der Waals surface area contributed by atoms with Gasteiger partial charge in [0.15, 0.2) is 0 Å². The van der Waals surface area contributed by atoms with E-state index in [2.05, 4.69) is 21.9 Å². The van der Waals surface area contributed by atoms with E-state index < -0.39 is 0 Å². The summed E-state index contributed by atoms with van der Waals surface area (Å²) in [6.07, 6.45) is 4.26. The quantitative estimate of drug-likeness (QED) is 0.187. The van der Waals surface area contributed by atoms with Gasteiger partial charge in [0.05, 0.1) is 41.8 Å². The maximum absolute atomic E-state index is 11.8. The Labute approximate surface area is 314 Å². The Kier molecular flexibility index (Phi) is 8.51. The Morgan fingerprint density at radius 3 is 1.67 bits per heavy atom. The van der Waals surface area contributed by atoms with E-state index in [1.165, 1.54) is 22.3 Å². The standard InChI is InChI=1S/C41H43Cl2N5O4/c1-23(49)47-19-41(20-47)21-48(22-41)34-14-12-25-16-32(45-40(52-4)36(25)34)30-10-6-8-28(38(30)43)27-7-5-9-29(37(27)42)31-15-24-11-13-33(35(24)39(44-31)51-3)46-17-26(18-46)50-2/h5-10,15-16,26,33-34H,11-14,17-22H2,1-4H3/t33-,34-/m1/s1. The van der Waals surface area contributed by atoms with Crippen LogP contribution < -0.4 is 9.47 Å². The fourth-order valence-corrected chi connectivity index (χ4v) is 10.1. The number of ether oxygens (including phenoxy) is 3. The molecule has 4 aromatic rings. The molecule has 2 atom stereocenters. The summed E-state index contributed by atoms with van der Waals surface area (Å²) in [5.74, 6) is 1.48. The number of methoxy groups -OCH3 is 3. The minimum atomic E-state index is 0.167. The van der Waals surface area contributed by atoms with Gasteiger partial charge >= 0.3 is 0 Å². The number of carbonyl (C=O) groups is 1. The van der Waals surface area contributed by atoms with E-state index in [-0.39, 0.29) is 23.4 Å². The predicted octanol–water partition coefficient (Wildman–Crippen LogP) is 7.27. The molecule has 5 heterocycles. The van der Waals surface area contributed by atoms with E-state index in [9.17, 15) is 4.79 Å². The zero-order chi connectivity index (χ0) is 35.9. The number of fused-ring (bicyclic) bond motifs is 2. The van der Waals surface area contributed by atoms with Gasteiger partial charge in [-0.05, 0) is 48.9 Å². The second-order valence-corrected chi connectivity index (χ2v) is 16.0. The number of aromatic nitrogens is 2. The smallest absolute Gasteiger partial charge is 0.219 e. The first-order valence-electron chi connectivity index (χ1n) is 18.2. The second kappa shape index (κ2) is 13.0. The van der Waals surface area contributed by atoms with Crippen LogP contribution in [0, 0.1) is 5.41 Å². The highest BCUT2D eigenvalue weighted by molar-refractivity contribution is 6.39. The Hall–Kier alpha value is -3.73. The van der Waals surface area contributed by atoms with Gasteiger partial charge in [0.2, 0.25) is 17.7 Å². The monoisotopic (exact) mass is 739 g/mol. The Morgan fingerprint density at radius 1 is 0.731 bits per heavy atom. The number of pyridine rings is 2. The van der Waals surface area contributed by atoms with Gasteiger partial charge in [-0.15, -0.1) is 0 Å². The van der Waals surface area contributed by atoms with Gasteiger partial charge in [0.25, 0.3) is 0 Å². The maximum Gasteiger partial charge on any atom is 0.219 e. The van der Waals surface area contributed by atoms with Crippen molar-refractivity contribution >= 4 is 29.1 Å². The molecular weight excluding hydrogens is 697 g/mol. The lowest BCUT2D eigenvalue weighted by molar-refractivity contribution is -0.161. The normalized spacial score (nSPS) is 22.1. The summed E-state index contributed by atoms with van der Waals surface area (Å²) in [7, 11) is 5.17. The summed E-state index contributed by atoms with van der Waals surface area (Å²) in [4.78, 5) is 28.8. The van der Waals surface area contributed by atoms with Crippen molar-refractivity contribution in [3.63, 3.8) is 0 Å². The van der Waals surface area contributed by atoms with Gasteiger partial charge in [0, 0.05) is 104 Å². The minimum Gasteiger partial charge on any atom is -0.481 e. The van der Waals surface area contributed by atoms with Crippen LogP contribution in [0.4, 0.5) is 0 Å². The van der Waals surface area contributed by atoms with Crippen molar-refractivity contribution in [2.45, 2.75) is 50.8 Å². The SMILES string of the molecule is COc1nc(-c2cccc(-c3cccc(-c4cc5c(c(OC)n4)[C@H](N4CC6(CN(C(C)=O)C6)C4)CC5)c3Cl)c2Cl)cc2c1[C@H](N1CC(OC)C1)CC2. The number of likely N-dealkylation sites (tertiary alicyclic amines) is 3. The van der Waals surface area contributed by atoms with Crippen LogP contribution >= 0.6 is 23.2 Å². The number of nitrogens with zero attached hydrogens (tertiary/aromatic N) is 5. The summed E-state index contributed by atoms with van der Waals surface area (Å²) in [6, 6.07) is 17.0. The highest BCUT2D eigenvalue weighted by atomic mass is 35.5. The number of hydrogen-bond acceptors (Lipinski definition) is 8. The highest BCUT2D eigenvalue weighted by Gasteiger charge is 2.55. The fourth-order valence-electron chi connectivity index (χ4n) is 9.45. The summed E-state index contributed by atoms with van der Waals surface area (Å²) in [5.41, 5.74) is 10.0. The first kappa shape index (κ1) is 34.1.